The van der Waals surface area contributed by atoms with Crippen LogP contribution in [0.2, 0.25) is 0 Å². The molecule has 0 spiro atoms. The van der Waals surface area contributed by atoms with E-state index in [0.29, 0.717) is 29.4 Å². The van der Waals surface area contributed by atoms with Gasteiger partial charge in [-0.05, 0) is 24.6 Å². The molecule has 1 unspecified atom stereocenters. The van der Waals surface area contributed by atoms with E-state index in [1.54, 1.807) is 12.1 Å². The van der Waals surface area contributed by atoms with E-state index < -0.39 is 6.04 Å². The number of benzene rings is 2. The van der Waals surface area contributed by atoms with Gasteiger partial charge in [-0.3, -0.25) is 4.79 Å². The number of ketones is 1. The largest absolute Gasteiger partial charge is 0.488 e. The molecule has 0 saturated carbocycles. The lowest BCUT2D eigenvalue weighted by Gasteiger charge is -2.27. The number of ether oxygens (including phenoxy) is 2. The number of hydrogen-bond acceptors (Lipinski definition) is 5. The van der Waals surface area contributed by atoms with Crippen LogP contribution in [0.1, 0.15) is 22.8 Å². The van der Waals surface area contributed by atoms with Gasteiger partial charge >= 0.3 is 0 Å². The number of carbonyl (C=O) groups excluding carboxylic acids is 2. The molecule has 0 saturated heterocycles. The minimum Gasteiger partial charge on any atom is -0.488 e. The molecular weight excluding hydrogens is 294 g/mol. The van der Waals surface area contributed by atoms with Crippen molar-refractivity contribution in [2.45, 2.75) is 19.6 Å². The highest BCUT2D eigenvalue weighted by atomic mass is 16.5. The fourth-order valence-electron chi connectivity index (χ4n) is 2.46. The highest BCUT2D eigenvalue weighted by Gasteiger charge is 2.26. The van der Waals surface area contributed by atoms with Gasteiger partial charge in [0.1, 0.15) is 37.0 Å². The molecule has 1 aliphatic rings. The molecule has 2 aromatic rings. The average molecular weight is 311 g/mol. The zero-order valence-electron chi connectivity index (χ0n) is 12.7. The van der Waals surface area contributed by atoms with Crippen molar-refractivity contribution in [3.8, 4) is 11.5 Å². The van der Waals surface area contributed by atoms with Gasteiger partial charge in [-0.15, -0.1) is 0 Å². The van der Waals surface area contributed by atoms with Gasteiger partial charge in [0.05, 0.1) is 5.56 Å². The quantitative estimate of drug-likeness (QED) is 0.679. The molecule has 0 bridgehead atoms. The second kappa shape index (κ2) is 6.52. The summed E-state index contributed by atoms with van der Waals surface area (Å²) < 4.78 is 11.5. The first kappa shape index (κ1) is 15.1. The van der Waals surface area contributed by atoms with Gasteiger partial charge < -0.3 is 19.6 Å². The molecule has 5 heteroatoms. The van der Waals surface area contributed by atoms with E-state index >= 15 is 0 Å². The highest BCUT2D eigenvalue weighted by molar-refractivity contribution is 6.00. The Morgan fingerprint density at radius 1 is 1.30 bits per heavy atom. The normalized spacial score (nSPS) is 15.8. The summed E-state index contributed by atoms with van der Waals surface area (Å²) in [6.45, 7) is 2.06. The van der Waals surface area contributed by atoms with Crippen LogP contribution in [-0.2, 0) is 11.4 Å². The van der Waals surface area contributed by atoms with Gasteiger partial charge in [-0.2, -0.15) is 0 Å². The minimum absolute atomic E-state index is 0.0952. The van der Waals surface area contributed by atoms with E-state index in [4.69, 9.17) is 9.47 Å². The maximum atomic E-state index is 11.7. The molecule has 0 aromatic heterocycles. The van der Waals surface area contributed by atoms with Crippen LogP contribution >= 0.6 is 0 Å². The zero-order chi connectivity index (χ0) is 16.2. The van der Waals surface area contributed by atoms with E-state index in [-0.39, 0.29) is 12.4 Å². The van der Waals surface area contributed by atoms with Crippen molar-refractivity contribution < 1.29 is 19.1 Å². The molecule has 1 atom stereocenters. The van der Waals surface area contributed by atoms with Crippen LogP contribution in [0.15, 0.2) is 42.5 Å². The Balaban J connectivity index is 1.91. The summed E-state index contributed by atoms with van der Waals surface area (Å²) >= 11 is 0. The number of fused-ring (bicyclic) bond motifs is 1. The SMILES string of the molecule is CC(=O)c1ccc(OCc2ccccc2)c2c1OCC(C=O)N2. The number of aldehydes is 1. The number of carbonyl (C=O) groups is 2. The van der Waals surface area contributed by atoms with E-state index in [0.717, 1.165) is 11.8 Å². The first-order valence-electron chi connectivity index (χ1n) is 7.38. The third kappa shape index (κ3) is 3.18. The number of anilines is 1. The maximum Gasteiger partial charge on any atom is 0.163 e. The van der Waals surface area contributed by atoms with Crippen LogP contribution < -0.4 is 14.8 Å². The molecule has 1 heterocycles. The van der Waals surface area contributed by atoms with Crippen molar-refractivity contribution in [1.82, 2.24) is 0 Å². The Hall–Kier alpha value is -2.82. The molecule has 0 amide bonds. The van der Waals surface area contributed by atoms with Crippen LogP contribution in [0.5, 0.6) is 11.5 Å². The first-order valence-corrected chi connectivity index (χ1v) is 7.38. The predicted octanol–water partition coefficient (Wildman–Crippen LogP) is 2.84. The fourth-order valence-corrected chi connectivity index (χ4v) is 2.46. The second-order valence-corrected chi connectivity index (χ2v) is 5.34. The lowest BCUT2D eigenvalue weighted by molar-refractivity contribution is -0.109. The standard InChI is InChI=1S/C18H17NO4/c1-12(21)15-7-8-16(22-10-13-5-3-2-4-6-13)17-18(15)23-11-14(9-20)19-17/h2-9,14,19H,10-11H2,1H3. The summed E-state index contributed by atoms with van der Waals surface area (Å²) in [5.41, 5.74) is 2.06. The number of hydrogen-bond donors (Lipinski definition) is 1. The third-order valence-electron chi connectivity index (χ3n) is 3.64. The van der Waals surface area contributed by atoms with Gasteiger partial charge in [-0.1, -0.05) is 30.3 Å². The van der Waals surface area contributed by atoms with E-state index in [2.05, 4.69) is 5.32 Å². The van der Waals surface area contributed by atoms with Crippen LogP contribution in [0.25, 0.3) is 0 Å². The molecule has 1 N–H and O–H groups in total. The number of Topliss-reactive ketones (excluding diaryl/α,β-unsaturated/α-hetero) is 1. The number of nitrogens with one attached hydrogen (secondary N) is 1. The molecule has 118 valence electrons. The Labute approximate surface area is 134 Å². The van der Waals surface area contributed by atoms with Crippen LogP contribution in [0.4, 0.5) is 5.69 Å². The fraction of sp³-hybridized carbons (Fsp3) is 0.222. The summed E-state index contributed by atoms with van der Waals surface area (Å²) in [6, 6.07) is 12.7. The van der Waals surface area contributed by atoms with Crippen molar-refractivity contribution in [2.24, 2.45) is 0 Å². The van der Waals surface area contributed by atoms with Crippen molar-refractivity contribution in [1.29, 1.82) is 0 Å². The van der Waals surface area contributed by atoms with E-state index in [1.165, 1.54) is 6.92 Å². The molecule has 3 rings (SSSR count). The summed E-state index contributed by atoms with van der Waals surface area (Å²) in [4.78, 5) is 22.8. The minimum atomic E-state index is -0.455. The number of rotatable bonds is 5. The predicted molar refractivity (Wildman–Crippen MR) is 86.2 cm³/mol. The van der Waals surface area contributed by atoms with Crippen molar-refractivity contribution in [2.75, 3.05) is 11.9 Å². The first-order chi connectivity index (χ1) is 11.2. The van der Waals surface area contributed by atoms with Crippen LogP contribution in [-0.4, -0.2) is 24.7 Å². The Morgan fingerprint density at radius 3 is 2.78 bits per heavy atom. The van der Waals surface area contributed by atoms with Crippen molar-refractivity contribution in [3.63, 3.8) is 0 Å². The molecule has 2 aromatic carbocycles. The molecule has 23 heavy (non-hydrogen) atoms. The van der Waals surface area contributed by atoms with Gasteiger partial charge in [0.25, 0.3) is 0 Å². The Morgan fingerprint density at radius 2 is 2.09 bits per heavy atom. The molecule has 0 radical (unpaired) electrons. The molecule has 0 fully saturated rings. The van der Waals surface area contributed by atoms with Crippen LogP contribution in [0, 0.1) is 0 Å². The summed E-state index contributed by atoms with van der Waals surface area (Å²) in [7, 11) is 0. The van der Waals surface area contributed by atoms with E-state index in [9.17, 15) is 9.59 Å². The summed E-state index contributed by atoms with van der Waals surface area (Å²) in [5, 5.41) is 3.08. The topological polar surface area (TPSA) is 64.6 Å². The third-order valence-corrected chi connectivity index (χ3v) is 3.64. The molecular formula is C18H17NO4. The maximum absolute atomic E-state index is 11.7. The van der Waals surface area contributed by atoms with E-state index in [1.807, 2.05) is 30.3 Å². The van der Waals surface area contributed by atoms with Gasteiger partial charge in [-0.25, -0.2) is 0 Å². The Bertz CT molecular complexity index is 727. The average Bonchev–Trinajstić information content (AvgIpc) is 2.59. The summed E-state index contributed by atoms with van der Waals surface area (Å²) in [6.07, 6.45) is 0.782. The molecule has 0 aliphatic carbocycles. The zero-order valence-corrected chi connectivity index (χ0v) is 12.7. The second-order valence-electron chi connectivity index (χ2n) is 5.34. The highest BCUT2D eigenvalue weighted by Crippen LogP contribution is 2.41. The molecule has 1 aliphatic heterocycles. The van der Waals surface area contributed by atoms with Gasteiger partial charge in [0.15, 0.2) is 11.5 Å². The van der Waals surface area contributed by atoms with Crippen LogP contribution in [0.3, 0.4) is 0 Å². The van der Waals surface area contributed by atoms with Gasteiger partial charge in [0.2, 0.25) is 0 Å². The molecule has 5 nitrogen and oxygen atoms in total. The smallest absolute Gasteiger partial charge is 0.163 e. The lowest BCUT2D eigenvalue weighted by atomic mass is 10.1. The Kier molecular flexibility index (Phi) is 4.28. The van der Waals surface area contributed by atoms with Gasteiger partial charge in [0, 0.05) is 0 Å². The van der Waals surface area contributed by atoms with Crippen molar-refractivity contribution >= 4 is 17.8 Å². The lowest BCUT2D eigenvalue weighted by Crippen LogP contribution is -2.33. The van der Waals surface area contributed by atoms with Crippen molar-refractivity contribution in [3.05, 3.63) is 53.6 Å². The summed E-state index contributed by atoms with van der Waals surface area (Å²) in [5.74, 6) is 0.906. The monoisotopic (exact) mass is 311 g/mol.